The number of methoxy groups -OCH3 is 1. The van der Waals surface area contributed by atoms with Gasteiger partial charge < -0.3 is 14.4 Å². The Bertz CT molecular complexity index is 884. The monoisotopic (exact) mass is 475 g/mol. The fraction of sp³-hybridized carbons (Fsp3) is 0.500. The predicted octanol–water partition coefficient (Wildman–Crippen LogP) is 6.30. The van der Waals surface area contributed by atoms with Gasteiger partial charge in [-0.25, -0.2) is 13.8 Å². The molecule has 0 N–H and O–H groups in total. The third-order valence-corrected chi connectivity index (χ3v) is 6.22. The van der Waals surface area contributed by atoms with Crippen molar-refractivity contribution in [3.05, 3.63) is 40.3 Å². The van der Waals surface area contributed by atoms with E-state index in [0.29, 0.717) is 27.1 Å². The quantitative estimate of drug-likeness (QED) is 0.417. The number of hydrogen-bond acceptors (Lipinski definition) is 6. The van der Waals surface area contributed by atoms with Crippen molar-refractivity contribution >= 4 is 41.8 Å². The number of halogens is 2. The normalized spacial score (nSPS) is 12.4. The molecule has 0 saturated carbocycles. The van der Waals surface area contributed by atoms with Crippen LogP contribution in [0.3, 0.4) is 0 Å². The number of imidazole rings is 1. The van der Waals surface area contributed by atoms with E-state index in [4.69, 9.17) is 21.1 Å². The number of ether oxygens (including phenoxy) is 2. The van der Waals surface area contributed by atoms with Crippen LogP contribution in [-0.4, -0.2) is 45.4 Å². The molecule has 0 aliphatic rings. The molecule has 1 aromatic carbocycles. The lowest BCUT2D eigenvalue weighted by Crippen LogP contribution is -2.43. The van der Waals surface area contributed by atoms with E-state index in [1.54, 1.807) is 30.0 Å². The molecule has 2 aromatic rings. The van der Waals surface area contributed by atoms with Crippen LogP contribution in [0.2, 0.25) is 5.02 Å². The Morgan fingerprint density at radius 1 is 1.27 bits per heavy atom. The van der Waals surface area contributed by atoms with Gasteiger partial charge in [-0.15, -0.1) is 15.6 Å². The third-order valence-electron chi connectivity index (χ3n) is 4.50. The van der Waals surface area contributed by atoms with Crippen LogP contribution in [0.25, 0.3) is 0 Å². The first kappa shape index (κ1) is 24.7. The summed E-state index contributed by atoms with van der Waals surface area (Å²) in [4.78, 5) is 19.3. The van der Waals surface area contributed by atoms with Crippen molar-refractivity contribution in [2.75, 3.05) is 13.4 Å². The van der Waals surface area contributed by atoms with E-state index >= 15 is 0 Å². The van der Waals surface area contributed by atoms with Gasteiger partial charge >= 0.3 is 6.09 Å². The van der Waals surface area contributed by atoms with Crippen molar-refractivity contribution in [1.29, 1.82) is 0 Å². The lowest BCUT2D eigenvalue weighted by Gasteiger charge is -2.31. The highest BCUT2D eigenvalue weighted by atomic mass is 35.5. The van der Waals surface area contributed by atoms with Gasteiger partial charge in [-0.2, -0.15) is 0 Å². The molecule has 0 spiro atoms. The number of carbonyl (C=O) groups is 1. The molecule has 1 aromatic heterocycles. The van der Waals surface area contributed by atoms with E-state index in [1.807, 2.05) is 34.0 Å². The molecule has 0 saturated heterocycles. The van der Waals surface area contributed by atoms with Gasteiger partial charge in [0.25, 0.3) is 0 Å². The van der Waals surface area contributed by atoms with Crippen LogP contribution < -0.4 is 4.74 Å². The molecule has 0 aliphatic heterocycles. The second kappa shape index (κ2) is 10.6. The zero-order chi connectivity index (χ0) is 22.6. The number of nitrogens with zero attached hydrogens (tertiary/aromatic N) is 3. The summed E-state index contributed by atoms with van der Waals surface area (Å²) < 4.78 is 26.7. The van der Waals surface area contributed by atoms with E-state index in [0.717, 1.165) is 0 Å². The number of aryl methyl sites for hydroxylation is 1. The van der Waals surface area contributed by atoms with Gasteiger partial charge in [0.05, 0.1) is 12.8 Å². The van der Waals surface area contributed by atoms with Crippen LogP contribution in [0.5, 0.6) is 5.75 Å². The van der Waals surface area contributed by atoms with Crippen LogP contribution in [0, 0.1) is 6.92 Å². The zero-order valence-corrected chi connectivity index (χ0v) is 20.5. The van der Waals surface area contributed by atoms with Crippen molar-refractivity contribution in [2.45, 2.75) is 57.8 Å². The van der Waals surface area contributed by atoms with Crippen molar-refractivity contribution < 1.29 is 18.2 Å². The van der Waals surface area contributed by atoms with Crippen LogP contribution in [0.1, 0.15) is 50.9 Å². The second-order valence-electron chi connectivity index (χ2n) is 7.17. The Labute approximate surface area is 190 Å². The zero-order valence-electron chi connectivity index (χ0n) is 18.1. The number of hydrogen-bond donors (Lipinski definition) is 0. The molecule has 1 amide bonds. The number of aromatic nitrogens is 2. The molecule has 0 fully saturated rings. The van der Waals surface area contributed by atoms with E-state index in [1.165, 1.54) is 22.8 Å². The van der Waals surface area contributed by atoms with Gasteiger partial charge in [0.15, 0.2) is 24.3 Å². The summed E-state index contributed by atoms with van der Waals surface area (Å²) >= 11 is 7.60. The van der Waals surface area contributed by atoms with E-state index in [-0.39, 0.29) is 30.2 Å². The molecule has 10 heteroatoms. The van der Waals surface area contributed by atoms with Crippen LogP contribution >= 0.6 is 35.7 Å². The molecule has 1 heterocycles. The number of amides is 1. The maximum absolute atomic E-state index is 14.0. The Kier molecular flexibility index (Phi) is 8.75. The van der Waals surface area contributed by atoms with Crippen LogP contribution in [0.4, 0.5) is 8.68 Å². The van der Waals surface area contributed by atoms with Crippen molar-refractivity contribution in [2.24, 2.45) is 0 Å². The molecule has 6 nitrogen and oxygen atoms in total. The van der Waals surface area contributed by atoms with Crippen LogP contribution in [0.15, 0.2) is 23.2 Å². The van der Waals surface area contributed by atoms with Crippen LogP contribution in [-0.2, 0) is 4.74 Å². The summed E-state index contributed by atoms with van der Waals surface area (Å²) in [5.41, 5.74) is 1.12. The molecule has 1 unspecified atom stereocenters. The fourth-order valence-electron chi connectivity index (χ4n) is 3.32. The maximum atomic E-state index is 14.0. The van der Waals surface area contributed by atoms with E-state index in [9.17, 15) is 8.68 Å². The highest BCUT2D eigenvalue weighted by Gasteiger charge is 2.33. The van der Waals surface area contributed by atoms with Gasteiger partial charge in [0, 0.05) is 22.7 Å². The van der Waals surface area contributed by atoms with Gasteiger partial charge in [0.1, 0.15) is 10.8 Å². The molecule has 0 radical (unpaired) electrons. The van der Waals surface area contributed by atoms with Gasteiger partial charge in [-0.05, 0) is 59.1 Å². The molecule has 1 atom stereocenters. The Balaban J connectivity index is 2.66. The van der Waals surface area contributed by atoms with E-state index < -0.39 is 12.2 Å². The summed E-state index contributed by atoms with van der Waals surface area (Å²) in [5, 5.41) is 1.06. The molecule has 30 heavy (non-hydrogen) atoms. The number of carbonyl (C=O) groups excluding carboxylic acids is 1. The summed E-state index contributed by atoms with van der Waals surface area (Å²) in [6.45, 7) is 9.41. The molecule has 0 bridgehead atoms. The fourth-order valence-corrected chi connectivity index (χ4v) is 4.81. The van der Waals surface area contributed by atoms with Gasteiger partial charge in [-0.1, -0.05) is 11.6 Å². The standard InChI is InChI=1S/C20H27ClFN3O3S2/c1-11(2)24(12(3)4)20(26)28-17(15-10-14(21)8-9-16(15)27-6)18-23-13(5)19(29-7)25(18)30-22/h8-12,17H,1-7H3. The first-order chi connectivity index (χ1) is 14.2. The molecule has 166 valence electrons. The minimum absolute atomic E-state index is 0.0108. The summed E-state index contributed by atoms with van der Waals surface area (Å²) in [6, 6.07) is 4.83. The topological polar surface area (TPSA) is 56.6 Å². The summed E-state index contributed by atoms with van der Waals surface area (Å²) in [7, 11) is 1.51. The first-order valence-corrected chi connectivity index (χ1v) is 11.7. The minimum Gasteiger partial charge on any atom is -0.496 e. The lowest BCUT2D eigenvalue weighted by atomic mass is 10.1. The number of rotatable bonds is 8. The highest BCUT2D eigenvalue weighted by molar-refractivity contribution is 7.99. The average molecular weight is 476 g/mol. The molecule has 2 rings (SSSR count). The Hall–Kier alpha value is -1.58. The van der Waals surface area contributed by atoms with Crippen molar-refractivity contribution in [1.82, 2.24) is 13.9 Å². The largest absolute Gasteiger partial charge is 0.496 e. The number of thioether (sulfide) groups is 1. The van der Waals surface area contributed by atoms with E-state index in [2.05, 4.69) is 4.98 Å². The van der Waals surface area contributed by atoms with Crippen molar-refractivity contribution in [3.8, 4) is 5.75 Å². The lowest BCUT2D eigenvalue weighted by molar-refractivity contribution is 0.0542. The summed E-state index contributed by atoms with van der Waals surface area (Å²) in [5.74, 6) is 0.699. The second-order valence-corrected chi connectivity index (χ2v) is 8.91. The SMILES string of the molecule is COc1ccc(Cl)cc1C(OC(=O)N(C(C)C)C(C)C)c1nc(C)c(SC)n1SF. The first-order valence-electron chi connectivity index (χ1n) is 9.40. The number of benzene rings is 1. The maximum Gasteiger partial charge on any atom is 0.411 e. The Morgan fingerprint density at radius 2 is 1.90 bits per heavy atom. The summed E-state index contributed by atoms with van der Waals surface area (Å²) in [6.07, 6.45) is 0.281. The predicted molar refractivity (Wildman–Crippen MR) is 121 cm³/mol. The smallest absolute Gasteiger partial charge is 0.411 e. The van der Waals surface area contributed by atoms with Gasteiger partial charge in [-0.3, -0.25) is 0 Å². The average Bonchev–Trinajstić information content (AvgIpc) is 3.00. The Morgan fingerprint density at radius 3 is 2.40 bits per heavy atom. The minimum atomic E-state index is -1.02. The highest BCUT2D eigenvalue weighted by Crippen LogP contribution is 2.39. The van der Waals surface area contributed by atoms with Crippen molar-refractivity contribution in [3.63, 3.8) is 0 Å². The van der Waals surface area contributed by atoms with Gasteiger partial charge in [0.2, 0.25) is 0 Å². The molecular weight excluding hydrogens is 449 g/mol. The molecular formula is C20H27ClFN3O3S2. The third kappa shape index (κ3) is 5.18. The molecule has 0 aliphatic carbocycles.